The van der Waals surface area contributed by atoms with Gasteiger partial charge in [-0.15, -0.1) is 12.4 Å². The molecular weight excluding hydrogens is 172 g/mol. The second-order valence-corrected chi connectivity index (χ2v) is 2.77. The molecule has 0 saturated carbocycles. The SMILES string of the molecule is Cl.FC(F)CC1CCCCN1. The Bertz CT molecular complexity index is 94.4. The summed E-state index contributed by atoms with van der Waals surface area (Å²) >= 11 is 0. The molecule has 0 amide bonds. The van der Waals surface area contributed by atoms with Crippen molar-refractivity contribution in [2.75, 3.05) is 6.54 Å². The van der Waals surface area contributed by atoms with Gasteiger partial charge in [0.15, 0.2) is 0 Å². The van der Waals surface area contributed by atoms with Gasteiger partial charge < -0.3 is 5.32 Å². The van der Waals surface area contributed by atoms with Gasteiger partial charge >= 0.3 is 0 Å². The van der Waals surface area contributed by atoms with E-state index in [1.54, 1.807) is 0 Å². The molecular formula is C7H14ClF2N. The molecule has 0 aromatic carbocycles. The maximum Gasteiger partial charge on any atom is 0.240 e. The summed E-state index contributed by atoms with van der Waals surface area (Å²) in [5.41, 5.74) is 0. The molecule has 1 fully saturated rings. The van der Waals surface area contributed by atoms with Crippen molar-refractivity contribution < 1.29 is 8.78 Å². The molecule has 4 heteroatoms. The van der Waals surface area contributed by atoms with Crippen molar-refractivity contribution in [1.29, 1.82) is 0 Å². The van der Waals surface area contributed by atoms with E-state index in [2.05, 4.69) is 5.32 Å². The fraction of sp³-hybridized carbons (Fsp3) is 1.00. The van der Waals surface area contributed by atoms with Gasteiger partial charge in [0.05, 0.1) is 0 Å². The molecule has 1 N–H and O–H groups in total. The van der Waals surface area contributed by atoms with Gasteiger partial charge in [-0.25, -0.2) is 8.78 Å². The third kappa shape index (κ3) is 4.53. The van der Waals surface area contributed by atoms with E-state index < -0.39 is 6.43 Å². The first-order valence-corrected chi connectivity index (χ1v) is 3.80. The Morgan fingerprint density at radius 2 is 2.09 bits per heavy atom. The molecule has 1 rings (SSSR count). The normalized spacial score (nSPS) is 24.8. The lowest BCUT2D eigenvalue weighted by atomic mass is 10.0. The molecule has 1 unspecified atom stereocenters. The van der Waals surface area contributed by atoms with E-state index in [-0.39, 0.29) is 24.9 Å². The zero-order valence-electron chi connectivity index (χ0n) is 6.35. The van der Waals surface area contributed by atoms with Gasteiger partial charge in [-0.1, -0.05) is 6.42 Å². The number of piperidine rings is 1. The van der Waals surface area contributed by atoms with Crippen LogP contribution in [0.2, 0.25) is 0 Å². The molecule has 0 aliphatic carbocycles. The second kappa shape index (κ2) is 5.72. The third-order valence-electron chi connectivity index (χ3n) is 1.88. The monoisotopic (exact) mass is 185 g/mol. The van der Waals surface area contributed by atoms with Crippen LogP contribution in [0.4, 0.5) is 8.78 Å². The van der Waals surface area contributed by atoms with Crippen LogP contribution in [0.3, 0.4) is 0 Å². The van der Waals surface area contributed by atoms with E-state index in [0.29, 0.717) is 0 Å². The molecule has 1 aliphatic heterocycles. The smallest absolute Gasteiger partial charge is 0.240 e. The zero-order chi connectivity index (χ0) is 7.40. The predicted molar refractivity (Wildman–Crippen MR) is 43.5 cm³/mol. The zero-order valence-corrected chi connectivity index (χ0v) is 7.17. The summed E-state index contributed by atoms with van der Waals surface area (Å²) in [6.45, 7) is 0.914. The highest BCUT2D eigenvalue weighted by molar-refractivity contribution is 5.85. The van der Waals surface area contributed by atoms with Gasteiger partial charge in [-0.3, -0.25) is 0 Å². The highest BCUT2D eigenvalue weighted by Crippen LogP contribution is 2.13. The van der Waals surface area contributed by atoms with E-state index in [9.17, 15) is 8.78 Å². The van der Waals surface area contributed by atoms with E-state index in [0.717, 1.165) is 25.8 Å². The molecule has 0 spiro atoms. The number of rotatable bonds is 2. The first-order chi connectivity index (χ1) is 4.79. The fourth-order valence-electron chi connectivity index (χ4n) is 1.34. The van der Waals surface area contributed by atoms with Gasteiger partial charge in [-0.2, -0.15) is 0 Å². The number of hydrogen-bond donors (Lipinski definition) is 1. The van der Waals surface area contributed by atoms with Gasteiger partial charge in [0.1, 0.15) is 0 Å². The molecule has 1 aliphatic rings. The predicted octanol–water partition coefficient (Wildman–Crippen LogP) is 2.21. The van der Waals surface area contributed by atoms with Crippen molar-refractivity contribution in [2.24, 2.45) is 0 Å². The summed E-state index contributed by atoms with van der Waals surface area (Å²) in [4.78, 5) is 0. The Balaban J connectivity index is 0.000001000. The first kappa shape index (κ1) is 11.1. The highest BCUT2D eigenvalue weighted by Gasteiger charge is 2.16. The lowest BCUT2D eigenvalue weighted by molar-refractivity contribution is 0.116. The van der Waals surface area contributed by atoms with Crippen LogP contribution in [0.5, 0.6) is 0 Å². The maximum atomic E-state index is 11.8. The second-order valence-electron chi connectivity index (χ2n) is 2.77. The Hall–Kier alpha value is 0.110. The third-order valence-corrected chi connectivity index (χ3v) is 1.88. The quantitative estimate of drug-likeness (QED) is 0.696. The van der Waals surface area contributed by atoms with Gasteiger partial charge in [0.25, 0.3) is 0 Å². The Morgan fingerprint density at radius 3 is 2.55 bits per heavy atom. The minimum absolute atomic E-state index is 0. The summed E-state index contributed by atoms with van der Waals surface area (Å²) in [7, 11) is 0. The minimum Gasteiger partial charge on any atom is -0.314 e. The number of nitrogens with one attached hydrogen (secondary N) is 1. The molecule has 1 atom stereocenters. The van der Waals surface area contributed by atoms with Crippen molar-refractivity contribution in [3.05, 3.63) is 0 Å². The van der Waals surface area contributed by atoms with E-state index >= 15 is 0 Å². The van der Waals surface area contributed by atoms with Gasteiger partial charge in [0, 0.05) is 12.5 Å². The summed E-state index contributed by atoms with van der Waals surface area (Å²) < 4.78 is 23.6. The van der Waals surface area contributed by atoms with Crippen molar-refractivity contribution in [2.45, 2.75) is 38.2 Å². The van der Waals surface area contributed by atoms with Crippen LogP contribution in [0, 0.1) is 0 Å². The average molecular weight is 186 g/mol. The molecule has 1 heterocycles. The minimum atomic E-state index is -2.14. The molecule has 1 saturated heterocycles. The van der Waals surface area contributed by atoms with Crippen LogP contribution >= 0.6 is 12.4 Å². The highest BCUT2D eigenvalue weighted by atomic mass is 35.5. The Morgan fingerprint density at radius 1 is 1.36 bits per heavy atom. The summed E-state index contributed by atoms with van der Waals surface area (Å²) in [5, 5.41) is 3.07. The summed E-state index contributed by atoms with van der Waals surface area (Å²) in [6.07, 6.45) is 1.05. The van der Waals surface area contributed by atoms with Crippen molar-refractivity contribution in [3.8, 4) is 0 Å². The summed E-state index contributed by atoms with van der Waals surface area (Å²) in [6, 6.07) is 0.0775. The molecule has 0 aromatic heterocycles. The fourth-order valence-corrected chi connectivity index (χ4v) is 1.34. The maximum absolute atomic E-state index is 11.8. The van der Waals surface area contributed by atoms with Gasteiger partial charge in [0.2, 0.25) is 6.43 Å². The lowest BCUT2D eigenvalue weighted by Crippen LogP contribution is -2.35. The largest absolute Gasteiger partial charge is 0.314 e. The van der Waals surface area contributed by atoms with Crippen LogP contribution in [-0.4, -0.2) is 19.0 Å². The molecule has 0 bridgehead atoms. The van der Waals surface area contributed by atoms with Crippen LogP contribution in [0.25, 0.3) is 0 Å². The molecule has 0 aromatic rings. The molecule has 0 radical (unpaired) electrons. The number of hydrogen-bond acceptors (Lipinski definition) is 1. The number of halogens is 3. The molecule has 11 heavy (non-hydrogen) atoms. The number of alkyl halides is 2. The molecule has 1 nitrogen and oxygen atoms in total. The Kier molecular flexibility index (Phi) is 5.78. The van der Waals surface area contributed by atoms with Crippen LogP contribution in [-0.2, 0) is 0 Å². The van der Waals surface area contributed by atoms with Crippen molar-refractivity contribution >= 4 is 12.4 Å². The van der Waals surface area contributed by atoms with E-state index in [4.69, 9.17) is 0 Å². The van der Waals surface area contributed by atoms with Crippen LogP contribution < -0.4 is 5.32 Å². The topological polar surface area (TPSA) is 12.0 Å². The van der Waals surface area contributed by atoms with Crippen molar-refractivity contribution in [3.63, 3.8) is 0 Å². The van der Waals surface area contributed by atoms with Gasteiger partial charge in [-0.05, 0) is 19.4 Å². The molecule has 68 valence electrons. The van der Waals surface area contributed by atoms with Crippen LogP contribution in [0.15, 0.2) is 0 Å². The standard InChI is InChI=1S/C7H13F2N.ClH/c8-7(9)5-6-3-1-2-4-10-6;/h6-7,10H,1-5H2;1H. The Labute approximate surface area is 72.0 Å². The van der Waals surface area contributed by atoms with Crippen molar-refractivity contribution in [1.82, 2.24) is 5.32 Å². The van der Waals surface area contributed by atoms with E-state index in [1.165, 1.54) is 0 Å². The van der Waals surface area contributed by atoms with E-state index in [1.807, 2.05) is 0 Å². The first-order valence-electron chi connectivity index (χ1n) is 3.80. The van der Waals surface area contributed by atoms with Crippen LogP contribution in [0.1, 0.15) is 25.7 Å². The lowest BCUT2D eigenvalue weighted by Gasteiger charge is -2.22. The average Bonchev–Trinajstić information content (AvgIpc) is 1.88. The summed E-state index contributed by atoms with van der Waals surface area (Å²) in [5.74, 6) is 0.